The second kappa shape index (κ2) is 2.16. The van der Waals surface area contributed by atoms with Crippen LogP contribution in [0.4, 0.5) is 5.69 Å². The van der Waals surface area contributed by atoms with E-state index in [9.17, 15) is 0 Å². The normalized spacial score (nSPS) is 21.8. The molecule has 0 N–H and O–H groups in total. The van der Waals surface area contributed by atoms with Crippen LogP contribution < -0.4 is 5.32 Å². The van der Waals surface area contributed by atoms with Gasteiger partial charge in [-0.05, 0) is 25.0 Å². The summed E-state index contributed by atoms with van der Waals surface area (Å²) < 4.78 is 0. The third-order valence-electron chi connectivity index (χ3n) is 3.09. The lowest BCUT2D eigenvalue weighted by atomic mass is 10.1. The van der Waals surface area contributed by atoms with Crippen LogP contribution in [-0.4, -0.2) is 0 Å². The molecule has 0 atom stereocenters. The van der Waals surface area contributed by atoms with E-state index in [1.54, 1.807) is 0 Å². The van der Waals surface area contributed by atoms with Crippen LogP contribution in [0.3, 0.4) is 0 Å². The van der Waals surface area contributed by atoms with Gasteiger partial charge in [0.2, 0.25) is 0 Å². The first-order valence-corrected chi connectivity index (χ1v) is 4.81. The molecule has 2 aliphatic rings. The molecule has 65 valence electrons. The fourth-order valence-corrected chi connectivity index (χ4v) is 1.77. The quantitative estimate of drug-likeness (QED) is 0.615. The number of fused-ring (bicyclic) bond motifs is 1. The van der Waals surface area contributed by atoms with Crippen LogP contribution in [0.1, 0.15) is 25.3 Å². The largest absolute Gasteiger partial charge is 0.252 e. The standard InChI is InChI=1S/C12H12N/c1-12(6-7-12)11-8-9-4-2-3-5-10(9)13-11/h2-5,8H,6-7H2,1H3. The predicted octanol–water partition coefficient (Wildman–Crippen LogP) is 3.08. The molecule has 0 aromatic heterocycles. The highest BCUT2D eigenvalue weighted by Gasteiger charge is 2.43. The van der Waals surface area contributed by atoms with Crippen LogP contribution in [0, 0.1) is 5.41 Å². The second-order valence-electron chi connectivity index (χ2n) is 4.26. The molecule has 0 amide bonds. The van der Waals surface area contributed by atoms with Crippen molar-refractivity contribution >= 4 is 11.8 Å². The molecule has 1 aliphatic carbocycles. The SMILES string of the molecule is CC1(C2=Cc3ccccc3[N]2)CC1. The zero-order valence-corrected chi connectivity index (χ0v) is 7.75. The molecule has 0 saturated heterocycles. The highest BCUT2D eigenvalue weighted by atomic mass is 14.9. The van der Waals surface area contributed by atoms with Crippen molar-refractivity contribution < 1.29 is 0 Å². The second-order valence-corrected chi connectivity index (χ2v) is 4.26. The summed E-state index contributed by atoms with van der Waals surface area (Å²) in [5.74, 6) is 0. The molecule has 1 aromatic rings. The van der Waals surface area contributed by atoms with E-state index in [1.807, 2.05) is 6.07 Å². The third-order valence-corrected chi connectivity index (χ3v) is 3.09. The summed E-state index contributed by atoms with van der Waals surface area (Å²) in [6.07, 6.45) is 4.84. The number of rotatable bonds is 1. The molecule has 3 rings (SSSR count). The average molecular weight is 170 g/mol. The van der Waals surface area contributed by atoms with Gasteiger partial charge in [-0.25, -0.2) is 0 Å². The average Bonchev–Trinajstić information content (AvgIpc) is 2.76. The molecule has 0 unspecified atom stereocenters. The topological polar surface area (TPSA) is 14.1 Å². The molecule has 1 nitrogen and oxygen atoms in total. The van der Waals surface area contributed by atoms with E-state index in [2.05, 4.69) is 36.5 Å². The highest BCUT2D eigenvalue weighted by molar-refractivity contribution is 5.72. The van der Waals surface area contributed by atoms with Crippen LogP contribution in [0.15, 0.2) is 30.0 Å². The summed E-state index contributed by atoms with van der Waals surface area (Å²) in [6.45, 7) is 2.30. The van der Waals surface area contributed by atoms with Crippen molar-refractivity contribution in [3.8, 4) is 0 Å². The summed E-state index contributed by atoms with van der Waals surface area (Å²) in [5, 5.41) is 4.65. The van der Waals surface area contributed by atoms with Crippen molar-refractivity contribution in [2.45, 2.75) is 19.8 Å². The summed E-state index contributed by atoms with van der Waals surface area (Å²) in [6, 6.07) is 8.35. The molecule has 0 spiro atoms. The Morgan fingerprint density at radius 2 is 2.00 bits per heavy atom. The van der Waals surface area contributed by atoms with Gasteiger partial charge in [-0.1, -0.05) is 25.1 Å². The minimum Gasteiger partial charge on any atom is -0.252 e. The number of allylic oxidation sites excluding steroid dienone is 1. The van der Waals surface area contributed by atoms with E-state index in [0.29, 0.717) is 5.41 Å². The molecule has 1 fully saturated rings. The van der Waals surface area contributed by atoms with Gasteiger partial charge >= 0.3 is 0 Å². The Hall–Kier alpha value is -1.24. The van der Waals surface area contributed by atoms with Crippen molar-refractivity contribution in [2.24, 2.45) is 5.41 Å². The fraction of sp³-hybridized carbons (Fsp3) is 0.333. The summed E-state index contributed by atoms with van der Waals surface area (Å²) in [4.78, 5) is 0. The molecule has 1 aliphatic heterocycles. The van der Waals surface area contributed by atoms with Crippen molar-refractivity contribution in [3.63, 3.8) is 0 Å². The van der Waals surface area contributed by atoms with Crippen LogP contribution in [0.25, 0.3) is 6.08 Å². The van der Waals surface area contributed by atoms with Gasteiger partial charge in [0.1, 0.15) is 0 Å². The number of hydrogen-bond acceptors (Lipinski definition) is 0. The summed E-state index contributed by atoms with van der Waals surface area (Å²) in [5.41, 5.74) is 4.11. The van der Waals surface area contributed by atoms with Gasteiger partial charge in [-0.3, -0.25) is 5.32 Å². The highest BCUT2D eigenvalue weighted by Crippen LogP contribution is 2.53. The van der Waals surface area contributed by atoms with Gasteiger partial charge in [0.15, 0.2) is 0 Å². The minimum atomic E-state index is 0.402. The monoisotopic (exact) mass is 170 g/mol. The third kappa shape index (κ3) is 0.998. The molecule has 13 heavy (non-hydrogen) atoms. The minimum absolute atomic E-state index is 0.402. The Morgan fingerprint density at radius 1 is 1.23 bits per heavy atom. The van der Waals surface area contributed by atoms with E-state index < -0.39 is 0 Å². The van der Waals surface area contributed by atoms with Gasteiger partial charge in [-0.2, -0.15) is 0 Å². The van der Waals surface area contributed by atoms with Crippen LogP contribution in [0.5, 0.6) is 0 Å². The van der Waals surface area contributed by atoms with Crippen molar-refractivity contribution in [1.82, 2.24) is 5.32 Å². The van der Waals surface area contributed by atoms with Crippen molar-refractivity contribution in [1.29, 1.82) is 0 Å². The molecule has 1 saturated carbocycles. The molecule has 1 radical (unpaired) electrons. The van der Waals surface area contributed by atoms with E-state index in [1.165, 1.54) is 24.1 Å². The zero-order valence-electron chi connectivity index (χ0n) is 7.75. The molecule has 1 aromatic carbocycles. The maximum Gasteiger partial charge on any atom is 0.0706 e. The lowest BCUT2D eigenvalue weighted by molar-refractivity contribution is 0.654. The molecule has 0 bridgehead atoms. The first kappa shape index (κ1) is 7.19. The molecular weight excluding hydrogens is 158 g/mol. The molecule has 1 heterocycles. The Bertz CT molecular complexity index is 386. The van der Waals surface area contributed by atoms with Gasteiger partial charge in [0.25, 0.3) is 0 Å². The number of benzene rings is 1. The Kier molecular flexibility index (Phi) is 1.20. The first-order valence-electron chi connectivity index (χ1n) is 4.81. The van der Waals surface area contributed by atoms with Crippen LogP contribution in [-0.2, 0) is 0 Å². The predicted molar refractivity (Wildman–Crippen MR) is 53.6 cm³/mol. The van der Waals surface area contributed by atoms with Crippen LogP contribution >= 0.6 is 0 Å². The van der Waals surface area contributed by atoms with Crippen LogP contribution in [0.2, 0.25) is 0 Å². The Balaban J connectivity index is 2.00. The van der Waals surface area contributed by atoms with E-state index in [-0.39, 0.29) is 0 Å². The van der Waals surface area contributed by atoms with E-state index in [4.69, 9.17) is 0 Å². The fourth-order valence-electron chi connectivity index (χ4n) is 1.77. The smallest absolute Gasteiger partial charge is 0.0706 e. The van der Waals surface area contributed by atoms with Gasteiger partial charge in [0, 0.05) is 16.7 Å². The Morgan fingerprint density at radius 3 is 2.69 bits per heavy atom. The maximum atomic E-state index is 4.65. The van der Waals surface area contributed by atoms with E-state index in [0.717, 1.165) is 5.69 Å². The summed E-state index contributed by atoms with van der Waals surface area (Å²) in [7, 11) is 0. The summed E-state index contributed by atoms with van der Waals surface area (Å²) >= 11 is 0. The van der Waals surface area contributed by atoms with Crippen molar-refractivity contribution in [3.05, 3.63) is 35.5 Å². The lowest BCUT2D eigenvalue weighted by Crippen LogP contribution is -2.04. The lowest BCUT2D eigenvalue weighted by Gasteiger charge is -2.07. The molecule has 1 heteroatoms. The number of nitrogens with zero attached hydrogens (tertiary/aromatic N) is 1. The zero-order chi connectivity index (χ0) is 8.89. The van der Waals surface area contributed by atoms with Gasteiger partial charge in [0.05, 0.1) is 5.69 Å². The van der Waals surface area contributed by atoms with Gasteiger partial charge in [-0.15, -0.1) is 0 Å². The van der Waals surface area contributed by atoms with E-state index >= 15 is 0 Å². The van der Waals surface area contributed by atoms with Crippen molar-refractivity contribution in [2.75, 3.05) is 0 Å². The Labute approximate surface area is 78.5 Å². The molecular formula is C12H12N. The first-order chi connectivity index (χ1) is 6.28. The maximum absolute atomic E-state index is 4.65. The number of para-hydroxylation sites is 1. The number of hydrogen-bond donors (Lipinski definition) is 0. The van der Waals surface area contributed by atoms with Gasteiger partial charge < -0.3 is 0 Å².